The minimum absolute atomic E-state index is 0.114. The van der Waals surface area contributed by atoms with E-state index in [-0.39, 0.29) is 12.5 Å². The number of carbonyl (C=O) groups is 1. The van der Waals surface area contributed by atoms with E-state index in [4.69, 9.17) is 4.74 Å². The van der Waals surface area contributed by atoms with E-state index in [9.17, 15) is 14.7 Å². The number of aromatic nitrogens is 3. The lowest BCUT2D eigenvalue weighted by atomic mass is 10.2. The number of fused-ring (bicyclic) bond motifs is 1. The Morgan fingerprint density at radius 2 is 2.19 bits per heavy atom. The second-order valence-electron chi connectivity index (χ2n) is 4.97. The molecule has 114 valence electrons. The Morgan fingerprint density at radius 1 is 1.52 bits per heavy atom. The molecule has 0 aromatic carbocycles. The smallest absolute Gasteiger partial charge is 0.349 e. The zero-order valence-electron chi connectivity index (χ0n) is 12.0. The van der Waals surface area contributed by atoms with Gasteiger partial charge in [0.15, 0.2) is 5.56 Å². The van der Waals surface area contributed by atoms with Crippen LogP contribution in [0.5, 0.6) is 5.88 Å². The summed E-state index contributed by atoms with van der Waals surface area (Å²) in [6, 6.07) is 1.61. The van der Waals surface area contributed by atoms with E-state index in [1.807, 2.05) is 13.8 Å². The van der Waals surface area contributed by atoms with Gasteiger partial charge in [-0.15, -0.1) is 0 Å². The largest absolute Gasteiger partial charge is 0.494 e. The molecule has 0 radical (unpaired) electrons. The van der Waals surface area contributed by atoms with Crippen molar-refractivity contribution in [3.63, 3.8) is 0 Å². The van der Waals surface area contributed by atoms with Crippen molar-refractivity contribution in [3.05, 3.63) is 26.6 Å². The molecule has 2 aromatic rings. The van der Waals surface area contributed by atoms with Gasteiger partial charge in [-0.25, -0.2) is 4.79 Å². The number of carbonyl (C=O) groups excluding carboxylic acids is 1. The van der Waals surface area contributed by atoms with E-state index >= 15 is 0 Å². The molecule has 0 aliphatic rings. The molecule has 2 aromatic heterocycles. The van der Waals surface area contributed by atoms with Gasteiger partial charge in [-0.2, -0.15) is 9.61 Å². The maximum Gasteiger partial charge on any atom is 0.349 e. The lowest BCUT2D eigenvalue weighted by Crippen LogP contribution is -2.28. The van der Waals surface area contributed by atoms with Gasteiger partial charge in [0.2, 0.25) is 5.88 Å². The van der Waals surface area contributed by atoms with Gasteiger partial charge in [-0.3, -0.25) is 9.36 Å². The van der Waals surface area contributed by atoms with Crippen LogP contribution in [0, 0.1) is 5.92 Å². The Kier molecular flexibility index (Phi) is 4.36. The van der Waals surface area contributed by atoms with Crippen LogP contribution in [0.4, 0.5) is 0 Å². The highest BCUT2D eigenvalue weighted by Crippen LogP contribution is 2.22. The fourth-order valence-corrected chi connectivity index (χ4v) is 2.42. The summed E-state index contributed by atoms with van der Waals surface area (Å²) in [6.07, 6.45) is 0. The summed E-state index contributed by atoms with van der Waals surface area (Å²) < 4.78 is 7.85. The van der Waals surface area contributed by atoms with Crippen LogP contribution in [0.3, 0.4) is 0 Å². The molecule has 2 rings (SSSR count). The Labute approximate surface area is 129 Å². The van der Waals surface area contributed by atoms with Crippen molar-refractivity contribution in [1.82, 2.24) is 14.2 Å². The van der Waals surface area contributed by atoms with E-state index in [0.29, 0.717) is 16.8 Å². The summed E-state index contributed by atoms with van der Waals surface area (Å²) in [5, 5.41) is 14.3. The highest BCUT2D eigenvalue weighted by atomic mass is 79.9. The number of rotatable bonds is 4. The zero-order valence-corrected chi connectivity index (χ0v) is 13.5. The van der Waals surface area contributed by atoms with Crippen molar-refractivity contribution < 1.29 is 14.6 Å². The van der Waals surface area contributed by atoms with Crippen molar-refractivity contribution in [2.45, 2.75) is 27.3 Å². The van der Waals surface area contributed by atoms with Gasteiger partial charge in [0.1, 0.15) is 10.3 Å². The number of ether oxygens (including phenoxy) is 1. The summed E-state index contributed by atoms with van der Waals surface area (Å²) >= 11 is 3.19. The van der Waals surface area contributed by atoms with E-state index in [1.165, 1.54) is 4.57 Å². The first-order valence-electron chi connectivity index (χ1n) is 6.55. The highest BCUT2D eigenvalue weighted by molar-refractivity contribution is 9.10. The minimum atomic E-state index is -0.856. The monoisotopic (exact) mass is 357 g/mol. The minimum Gasteiger partial charge on any atom is -0.494 e. The van der Waals surface area contributed by atoms with E-state index in [1.54, 1.807) is 13.0 Å². The Hall–Kier alpha value is -1.83. The van der Waals surface area contributed by atoms with Crippen molar-refractivity contribution in [3.8, 4) is 5.88 Å². The average Bonchev–Trinajstić information content (AvgIpc) is 2.77. The molecule has 0 amide bonds. The molecular formula is C13H16BrN3O4. The molecule has 0 atom stereocenters. The van der Waals surface area contributed by atoms with Crippen molar-refractivity contribution in [1.29, 1.82) is 0 Å². The van der Waals surface area contributed by atoms with Crippen LogP contribution in [0.15, 0.2) is 15.5 Å². The summed E-state index contributed by atoms with van der Waals surface area (Å²) in [5.74, 6) is -1.05. The summed E-state index contributed by atoms with van der Waals surface area (Å²) in [6.45, 7) is 6.10. The van der Waals surface area contributed by atoms with Gasteiger partial charge in [0, 0.05) is 12.6 Å². The standard InChI is InChI=1S/C13H16BrN3O4/c1-4-21-13(20)10-11(18)16(6-7(2)3)9-5-8(14)15-17(9)12(10)19/h5,7,18H,4,6H2,1-3H3. The maximum absolute atomic E-state index is 12.3. The number of aromatic hydroxyl groups is 1. The molecule has 2 heterocycles. The molecule has 1 N–H and O–H groups in total. The molecular weight excluding hydrogens is 342 g/mol. The van der Waals surface area contributed by atoms with Crippen molar-refractivity contribution >= 4 is 27.5 Å². The van der Waals surface area contributed by atoms with E-state index in [2.05, 4.69) is 21.0 Å². The molecule has 0 saturated carbocycles. The summed E-state index contributed by atoms with van der Waals surface area (Å²) in [5.41, 5.74) is -0.696. The molecule has 0 unspecified atom stereocenters. The van der Waals surface area contributed by atoms with Crippen LogP contribution in [0.1, 0.15) is 31.1 Å². The third kappa shape index (κ3) is 2.80. The molecule has 21 heavy (non-hydrogen) atoms. The van der Waals surface area contributed by atoms with Crippen molar-refractivity contribution in [2.24, 2.45) is 5.92 Å². The lowest BCUT2D eigenvalue weighted by Gasteiger charge is -2.15. The molecule has 0 fully saturated rings. The Bertz CT molecular complexity index is 748. The predicted octanol–water partition coefficient (Wildman–Crippen LogP) is 1.80. The van der Waals surface area contributed by atoms with Crippen LogP contribution < -0.4 is 5.56 Å². The normalized spacial score (nSPS) is 11.3. The zero-order chi connectivity index (χ0) is 15.7. The van der Waals surface area contributed by atoms with Gasteiger partial charge in [-0.1, -0.05) is 13.8 Å². The molecule has 7 nitrogen and oxygen atoms in total. The third-order valence-electron chi connectivity index (χ3n) is 2.85. The SMILES string of the molecule is CCOC(=O)c1c(O)n(CC(C)C)c2cc(Br)nn2c1=O. The first-order valence-corrected chi connectivity index (χ1v) is 7.34. The van der Waals surface area contributed by atoms with Crippen LogP contribution in [0.25, 0.3) is 5.65 Å². The van der Waals surface area contributed by atoms with E-state index < -0.39 is 23.0 Å². The van der Waals surface area contributed by atoms with Gasteiger partial charge in [0.25, 0.3) is 5.56 Å². The number of nitrogens with zero attached hydrogens (tertiary/aromatic N) is 3. The van der Waals surface area contributed by atoms with E-state index in [0.717, 1.165) is 4.52 Å². The van der Waals surface area contributed by atoms with Gasteiger partial charge in [0.05, 0.1) is 6.61 Å². The fourth-order valence-electron chi connectivity index (χ4n) is 2.06. The second-order valence-corrected chi connectivity index (χ2v) is 5.78. The molecule has 0 saturated heterocycles. The first kappa shape index (κ1) is 15.6. The number of hydrogen-bond acceptors (Lipinski definition) is 5. The number of hydrogen-bond donors (Lipinski definition) is 1. The maximum atomic E-state index is 12.3. The molecule has 0 bridgehead atoms. The van der Waals surface area contributed by atoms with Gasteiger partial charge in [-0.05, 0) is 28.8 Å². The molecule has 8 heteroatoms. The summed E-state index contributed by atoms with van der Waals surface area (Å²) in [4.78, 5) is 24.2. The predicted molar refractivity (Wildman–Crippen MR) is 79.6 cm³/mol. The topological polar surface area (TPSA) is 85.8 Å². The number of esters is 1. The average molecular weight is 358 g/mol. The first-order chi connectivity index (χ1) is 9.86. The third-order valence-corrected chi connectivity index (χ3v) is 3.24. The highest BCUT2D eigenvalue weighted by Gasteiger charge is 2.25. The molecule has 0 spiro atoms. The Balaban J connectivity index is 2.80. The number of halogens is 1. The quantitative estimate of drug-likeness (QED) is 0.843. The van der Waals surface area contributed by atoms with Gasteiger partial charge >= 0.3 is 5.97 Å². The van der Waals surface area contributed by atoms with Crippen LogP contribution in [-0.2, 0) is 11.3 Å². The molecule has 0 aliphatic carbocycles. The fraction of sp³-hybridized carbons (Fsp3) is 0.462. The Morgan fingerprint density at radius 3 is 2.76 bits per heavy atom. The lowest BCUT2D eigenvalue weighted by molar-refractivity contribution is 0.0518. The van der Waals surface area contributed by atoms with Crippen LogP contribution >= 0.6 is 15.9 Å². The second kappa shape index (κ2) is 5.88. The van der Waals surface area contributed by atoms with Crippen LogP contribution in [-0.4, -0.2) is 31.9 Å². The van der Waals surface area contributed by atoms with Gasteiger partial charge < -0.3 is 9.84 Å². The molecule has 0 aliphatic heterocycles. The van der Waals surface area contributed by atoms with Crippen LogP contribution in [0.2, 0.25) is 0 Å². The summed E-state index contributed by atoms with van der Waals surface area (Å²) in [7, 11) is 0. The van der Waals surface area contributed by atoms with Crippen molar-refractivity contribution in [2.75, 3.05) is 6.61 Å².